The highest BCUT2D eigenvalue weighted by atomic mass is 32.2. The molecular formula is C14H22N2OS. The van der Waals surface area contributed by atoms with Crippen LogP contribution in [-0.2, 0) is 4.79 Å². The molecular weight excluding hydrogens is 244 g/mol. The molecule has 1 rings (SSSR count). The number of rotatable bonds is 6. The summed E-state index contributed by atoms with van der Waals surface area (Å²) in [7, 11) is 0. The van der Waals surface area contributed by atoms with Crippen molar-refractivity contribution < 1.29 is 4.79 Å². The Labute approximate surface area is 114 Å². The molecule has 0 aliphatic carbocycles. The Morgan fingerprint density at radius 3 is 2.78 bits per heavy atom. The fourth-order valence-electron chi connectivity index (χ4n) is 1.87. The van der Waals surface area contributed by atoms with Crippen LogP contribution in [0, 0.1) is 5.92 Å². The first-order chi connectivity index (χ1) is 8.60. The van der Waals surface area contributed by atoms with Crippen molar-refractivity contribution in [3.8, 4) is 0 Å². The first-order valence-electron chi connectivity index (χ1n) is 6.26. The van der Waals surface area contributed by atoms with Crippen LogP contribution in [0.2, 0.25) is 0 Å². The number of carbonyl (C=O) groups excluding carboxylic acids is 1. The first-order valence-corrected chi connectivity index (χ1v) is 7.65. The predicted octanol–water partition coefficient (Wildman–Crippen LogP) is 3.01. The van der Waals surface area contributed by atoms with E-state index in [1.165, 1.54) is 0 Å². The number of benzene rings is 1. The zero-order valence-electron chi connectivity index (χ0n) is 11.3. The minimum Gasteiger partial charge on any atom is -0.399 e. The van der Waals surface area contributed by atoms with E-state index in [0.717, 1.165) is 24.4 Å². The third kappa shape index (κ3) is 3.95. The van der Waals surface area contributed by atoms with E-state index in [1.807, 2.05) is 42.3 Å². The number of hydrogen-bond donors (Lipinski definition) is 1. The lowest BCUT2D eigenvalue weighted by molar-refractivity contribution is -0.121. The lowest BCUT2D eigenvalue weighted by Crippen LogP contribution is -2.36. The minimum absolute atomic E-state index is 0.0352. The van der Waals surface area contributed by atoms with Gasteiger partial charge in [0.2, 0.25) is 5.91 Å². The van der Waals surface area contributed by atoms with Crippen molar-refractivity contribution in [2.45, 2.75) is 20.3 Å². The molecule has 0 heterocycles. The number of nitrogens with two attached hydrogens (primary N) is 1. The molecule has 1 amide bonds. The SMILES string of the molecule is CCCN(C(=O)C(C)CSC)c1cccc(N)c1. The molecule has 0 aliphatic rings. The maximum absolute atomic E-state index is 12.4. The molecule has 0 saturated carbocycles. The summed E-state index contributed by atoms with van der Waals surface area (Å²) in [6.07, 6.45) is 2.96. The van der Waals surface area contributed by atoms with Gasteiger partial charge in [0.1, 0.15) is 0 Å². The van der Waals surface area contributed by atoms with Crippen LogP contribution in [0.4, 0.5) is 11.4 Å². The maximum atomic E-state index is 12.4. The molecule has 18 heavy (non-hydrogen) atoms. The quantitative estimate of drug-likeness (QED) is 0.805. The maximum Gasteiger partial charge on any atom is 0.230 e. The molecule has 3 nitrogen and oxygen atoms in total. The van der Waals surface area contributed by atoms with Gasteiger partial charge in [0.05, 0.1) is 0 Å². The van der Waals surface area contributed by atoms with E-state index < -0.39 is 0 Å². The molecule has 2 N–H and O–H groups in total. The van der Waals surface area contributed by atoms with E-state index in [-0.39, 0.29) is 11.8 Å². The van der Waals surface area contributed by atoms with E-state index in [2.05, 4.69) is 6.92 Å². The van der Waals surface area contributed by atoms with Gasteiger partial charge in [-0.15, -0.1) is 0 Å². The van der Waals surface area contributed by atoms with Crippen molar-refractivity contribution in [1.29, 1.82) is 0 Å². The van der Waals surface area contributed by atoms with E-state index in [1.54, 1.807) is 11.8 Å². The highest BCUT2D eigenvalue weighted by Crippen LogP contribution is 2.21. The zero-order valence-corrected chi connectivity index (χ0v) is 12.2. The molecule has 0 bridgehead atoms. The summed E-state index contributed by atoms with van der Waals surface area (Å²) >= 11 is 1.70. The lowest BCUT2D eigenvalue weighted by atomic mass is 10.1. The second kappa shape index (κ2) is 7.31. The molecule has 0 spiro atoms. The summed E-state index contributed by atoms with van der Waals surface area (Å²) in [6.45, 7) is 4.79. The van der Waals surface area contributed by atoms with Gasteiger partial charge in [-0.1, -0.05) is 19.9 Å². The summed E-state index contributed by atoms with van der Waals surface area (Å²) in [5.74, 6) is 1.06. The predicted molar refractivity (Wildman–Crippen MR) is 81.0 cm³/mol. The minimum atomic E-state index is 0.0352. The van der Waals surface area contributed by atoms with Crippen LogP contribution >= 0.6 is 11.8 Å². The molecule has 100 valence electrons. The Balaban J connectivity index is 2.91. The molecule has 0 radical (unpaired) electrons. The molecule has 1 unspecified atom stereocenters. The fourth-order valence-corrected chi connectivity index (χ4v) is 2.51. The summed E-state index contributed by atoms with van der Waals surface area (Å²) in [5.41, 5.74) is 7.38. The summed E-state index contributed by atoms with van der Waals surface area (Å²) in [4.78, 5) is 14.3. The summed E-state index contributed by atoms with van der Waals surface area (Å²) < 4.78 is 0. The smallest absolute Gasteiger partial charge is 0.230 e. The number of nitrogen functional groups attached to an aromatic ring is 1. The Morgan fingerprint density at radius 2 is 2.22 bits per heavy atom. The molecule has 0 aliphatic heterocycles. The largest absolute Gasteiger partial charge is 0.399 e. The van der Waals surface area contributed by atoms with Gasteiger partial charge in [0.15, 0.2) is 0 Å². The first kappa shape index (κ1) is 14.9. The van der Waals surface area contributed by atoms with Crippen molar-refractivity contribution in [3.63, 3.8) is 0 Å². The van der Waals surface area contributed by atoms with E-state index in [4.69, 9.17) is 5.73 Å². The van der Waals surface area contributed by atoms with Gasteiger partial charge in [-0.05, 0) is 30.9 Å². The van der Waals surface area contributed by atoms with Crippen LogP contribution in [-0.4, -0.2) is 24.5 Å². The van der Waals surface area contributed by atoms with E-state index >= 15 is 0 Å². The van der Waals surface area contributed by atoms with Crippen molar-refractivity contribution in [1.82, 2.24) is 0 Å². The van der Waals surface area contributed by atoms with Crippen LogP contribution < -0.4 is 10.6 Å². The van der Waals surface area contributed by atoms with Crippen LogP contribution in [0.15, 0.2) is 24.3 Å². The summed E-state index contributed by atoms with van der Waals surface area (Å²) in [5, 5.41) is 0. The number of hydrogen-bond acceptors (Lipinski definition) is 3. The monoisotopic (exact) mass is 266 g/mol. The molecule has 0 aromatic heterocycles. The molecule has 1 aromatic rings. The molecule has 4 heteroatoms. The van der Waals surface area contributed by atoms with Crippen molar-refractivity contribution in [2.24, 2.45) is 5.92 Å². The van der Waals surface area contributed by atoms with E-state index in [0.29, 0.717) is 5.69 Å². The van der Waals surface area contributed by atoms with Crippen LogP contribution in [0.25, 0.3) is 0 Å². The van der Waals surface area contributed by atoms with Crippen molar-refractivity contribution in [3.05, 3.63) is 24.3 Å². The van der Waals surface area contributed by atoms with Crippen LogP contribution in [0.3, 0.4) is 0 Å². The Hall–Kier alpha value is -1.16. The third-order valence-corrected chi connectivity index (χ3v) is 3.57. The zero-order chi connectivity index (χ0) is 13.5. The molecule has 1 aromatic carbocycles. The number of carbonyl (C=O) groups is 1. The highest BCUT2D eigenvalue weighted by Gasteiger charge is 2.20. The number of thioether (sulfide) groups is 1. The Morgan fingerprint density at radius 1 is 1.50 bits per heavy atom. The van der Waals surface area contributed by atoms with Crippen LogP contribution in [0.5, 0.6) is 0 Å². The van der Waals surface area contributed by atoms with Crippen molar-refractivity contribution >= 4 is 29.0 Å². The second-order valence-electron chi connectivity index (χ2n) is 4.44. The van der Waals surface area contributed by atoms with Gasteiger partial charge in [0.25, 0.3) is 0 Å². The van der Waals surface area contributed by atoms with E-state index in [9.17, 15) is 4.79 Å². The number of anilines is 2. The molecule has 0 saturated heterocycles. The lowest BCUT2D eigenvalue weighted by Gasteiger charge is -2.25. The second-order valence-corrected chi connectivity index (χ2v) is 5.35. The van der Waals surface area contributed by atoms with Crippen LogP contribution in [0.1, 0.15) is 20.3 Å². The van der Waals surface area contributed by atoms with Gasteiger partial charge in [-0.25, -0.2) is 0 Å². The van der Waals surface area contributed by atoms with Gasteiger partial charge in [-0.2, -0.15) is 11.8 Å². The summed E-state index contributed by atoms with van der Waals surface area (Å²) in [6, 6.07) is 7.53. The third-order valence-electron chi connectivity index (χ3n) is 2.73. The highest BCUT2D eigenvalue weighted by molar-refractivity contribution is 7.98. The standard InChI is InChI=1S/C14H22N2OS/c1-4-8-16(14(17)11(2)10-18-3)13-7-5-6-12(15)9-13/h5-7,9,11H,4,8,10,15H2,1-3H3. The molecule has 1 atom stereocenters. The van der Waals surface area contributed by atoms with Gasteiger partial charge in [0, 0.05) is 29.6 Å². The van der Waals surface area contributed by atoms with Gasteiger partial charge in [-0.3, -0.25) is 4.79 Å². The Bertz CT molecular complexity index is 395. The van der Waals surface area contributed by atoms with Gasteiger partial charge >= 0.3 is 0 Å². The Kier molecular flexibility index (Phi) is 6.05. The normalized spacial score (nSPS) is 12.2. The number of amides is 1. The fraction of sp³-hybridized carbons (Fsp3) is 0.500. The van der Waals surface area contributed by atoms with Crippen molar-refractivity contribution in [2.75, 3.05) is 29.2 Å². The average Bonchev–Trinajstić information content (AvgIpc) is 2.35. The average molecular weight is 266 g/mol. The van der Waals surface area contributed by atoms with Gasteiger partial charge < -0.3 is 10.6 Å². The number of nitrogens with zero attached hydrogens (tertiary/aromatic N) is 1. The topological polar surface area (TPSA) is 46.3 Å². The molecule has 0 fully saturated rings.